The van der Waals surface area contributed by atoms with Gasteiger partial charge in [-0.2, -0.15) is 0 Å². The molecule has 0 unspecified atom stereocenters. The van der Waals surface area contributed by atoms with Crippen LogP contribution in [0.5, 0.6) is 0 Å². The van der Waals surface area contributed by atoms with E-state index >= 15 is 0 Å². The molecule has 4 aromatic carbocycles. The molecule has 0 saturated heterocycles. The Bertz CT molecular complexity index is 1430. The molecule has 1 heterocycles. The summed E-state index contributed by atoms with van der Waals surface area (Å²) in [5, 5.41) is 4.52. The number of H-pyrrole nitrogens is 1. The third-order valence-corrected chi connectivity index (χ3v) is 6.02. The van der Waals surface area contributed by atoms with Gasteiger partial charge in [-0.3, -0.25) is 4.79 Å². The summed E-state index contributed by atoms with van der Waals surface area (Å²) in [7, 11) is 0. The normalized spacial score (nSPS) is 12.1. The number of anilines is 1. The van der Waals surface area contributed by atoms with Gasteiger partial charge < -0.3 is 10.3 Å². The quantitative estimate of drug-likeness (QED) is 0.348. The Labute approximate surface area is 180 Å². The molecule has 0 aliphatic heterocycles. The van der Waals surface area contributed by atoms with Crippen LogP contribution in [0.25, 0.3) is 33.3 Å². The molecule has 0 fully saturated rings. The Morgan fingerprint density at radius 1 is 0.677 bits per heavy atom. The largest absolute Gasteiger partial charge is 0.380 e. The number of benzene rings is 4. The van der Waals surface area contributed by atoms with Crippen molar-refractivity contribution in [3.63, 3.8) is 0 Å². The molecule has 5 aromatic rings. The van der Waals surface area contributed by atoms with E-state index in [0.717, 1.165) is 50.1 Å². The van der Waals surface area contributed by atoms with E-state index in [1.54, 1.807) is 0 Å². The summed E-state index contributed by atoms with van der Waals surface area (Å²) in [5.74, 6) is 0.0721. The lowest BCUT2D eigenvalue weighted by molar-refractivity contribution is 0.104. The second-order valence-electron chi connectivity index (χ2n) is 7.87. The summed E-state index contributed by atoms with van der Waals surface area (Å²) in [5.41, 5.74) is 8.80. The van der Waals surface area contributed by atoms with Crippen LogP contribution < -0.4 is 5.32 Å². The van der Waals surface area contributed by atoms with Gasteiger partial charge in [0.2, 0.25) is 0 Å². The van der Waals surface area contributed by atoms with Crippen molar-refractivity contribution < 1.29 is 4.79 Å². The van der Waals surface area contributed by atoms with Crippen LogP contribution in [0.4, 0.5) is 5.69 Å². The fourth-order valence-corrected chi connectivity index (χ4v) is 4.61. The first-order valence-corrected chi connectivity index (χ1v) is 10.5. The summed E-state index contributed by atoms with van der Waals surface area (Å²) >= 11 is 0. The van der Waals surface area contributed by atoms with Gasteiger partial charge in [0, 0.05) is 34.3 Å². The summed E-state index contributed by atoms with van der Waals surface area (Å²) < 4.78 is 0. The molecule has 148 valence electrons. The average molecular weight is 400 g/mol. The van der Waals surface area contributed by atoms with Gasteiger partial charge in [-0.05, 0) is 28.8 Å². The number of ketones is 1. The molecule has 0 saturated carbocycles. The Morgan fingerprint density at radius 2 is 1.39 bits per heavy atom. The second kappa shape index (κ2) is 6.99. The predicted octanol–water partition coefficient (Wildman–Crippen LogP) is 6.66. The zero-order valence-corrected chi connectivity index (χ0v) is 16.9. The molecule has 3 nitrogen and oxygen atoms in total. The number of nitrogens with one attached hydrogen (secondary N) is 2. The minimum absolute atomic E-state index is 0.0721. The lowest BCUT2D eigenvalue weighted by Gasteiger charge is -2.21. The van der Waals surface area contributed by atoms with Crippen LogP contribution in [-0.4, -0.2) is 10.8 Å². The Kier molecular flexibility index (Phi) is 4.00. The highest BCUT2D eigenvalue weighted by Gasteiger charge is 2.31. The van der Waals surface area contributed by atoms with Gasteiger partial charge >= 0.3 is 0 Å². The van der Waals surface area contributed by atoms with Crippen molar-refractivity contribution in [3.05, 3.63) is 114 Å². The molecule has 31 heavy (non-hydrogen) atoms. The number of carbonyl (C=O) groups is 1. The summed E-state index contributed by atoms with van der Waals surface area (Å²) in [6.07, 6.45) is 0. The third-order valence-electron chi connectivity index (χ3n) is 6.02. The van der Waals surface area contributed by atoms with Crippen LogP contribution in [0.15, 0.2) is 97.1 Å². The number of hydrogen-bond acceptors (Lipinski definition) is 2. The fraction of sp³-hybridized carbons (Fsp3) is 0.0357. The van der Waals surface area contributed by atoms with Crippen molar-refractivity contribution in [1.82, 2.24) is 4.98 Å². The van der Waals surface area contributed by atoms with Crippen LogP contribution in [0.2, 0.25) is 0 Å². The molecule has 1 aromatic heterocycles. The molecule has 2 N–H and O–H groups in total. The van der Waals surface area contributed by atoms with E-state index in [9.17, 15) is 4.79 Å². The van der Waals surface area contributed by atoms with E-state index in [1.807, 2.05) is 66.7 Å². The van der Waals surface area contributed by atoms with Crippen LogP contribution >= 0.6 is 0 Å². The van der Waals surface area contributed by atoms with Gasteiger partial charge in [0.15, 0.2) is 5.78 Å². The van der Waals surface area contributed by atoms with Crippen LogP contribution in [0.1, 0.15) is 21.5 Å². The van der Waals surface area contributed by atoms with E-state index in [0.29, 0.717) is 6.54 Å². The maximum atomic E-state index is 13.6. The fourth-order valence-electron chi connectivity index (χ4n) is 4.61. The van der Waals surface area contributed by atoms with E-state index in [2.05, 4.69) is 40.6 Å². The Morgan fingerprint density at radius 3 is 2.19 bits per heavy atom. The molecule has 0 amide bonds. The molecular weight excluding hydrogens is 380 g/mol. The predicted molar refractivity (Wildman–Crippen MR) is 126 cm³/mol. The Balaban J connectivity index is 1.56. The highest BCUT2D eigenvalue weighted by atomic mass is 16.1. The molecule has 0 bridgehead atoms. The molecule has 1 aliphatic rings. The summed E-state index contributed by atoms with van der Waals surface area (Å²) in [6.45, 7) is 0.667. The zero-order valence-electron chi connectivity index (χ0n) is 16.9. The smallest absolute Gasteiger partial charge is 0.196 e. The second-order valence-corrected chi connectivity index (χ2v) is 7.87. The maximum absolute atomic E-state index is 13.6. The van der Waals surface area contributed by atoms with E-state index in [1.165, 1.54) is 5.56 Å². The minimum Gasteiger partial charge on any atom is -0.380 e. The average Bonchev–Trinajstić information content (AvgIpc) is 3.23. The van der Waals surface area contributed by atoms with Gasteiger partial charge in [-0.25, -0.2) is 0 Å². The molecule has 0 spiro atoms. The lowest BCUT2D eigenvalue weighted by Crippen LogP contribution is -2.13. The first-order valence-electron chi connectivity index (χ1n) is 10.5. The van der Waals surface area contributed by atoms with Crippen molar-refractivity contribution >= 4 is 22.4 Å². The van der Waals surface area contributed by atoms with Crippen LogP contribution in [0, 0.1) is 0 Å². The number of fused-ring (bicyclic) bond motifs is 2. The highest BCUT2D eigenvalue weighted by Crippen LogP contribution is 2.46. The first-order chi connectivity index (χ1) is 15.3. The third kappa shape index (κ3) is 2.78. The van der Waals surface area contributed by atoms with E-state index in [4.69, 9.17) is 0 Å². The Hall–Kier alpha value is -4.11. The topological polar surface area (TPSA) is 44.9 Å². The monoisotopic (exact) mass is 400 g/mol. The van der Waals surface area contributed by atoms with Gasteiger partial charge in [0.25, 0.3) is 0 Å². The van der Waals surface area contributed by atoms with Crippen LogP contribution in [0.3, 0.4) is 0 Å². The molecule has 1 aliphatic carbocycles. The van der Waals surface area contributed by atoms with Gasteiger partial charge in [0.1, 0.15) is 0 Å². The highest BCUT2D eigenvalue weighted by molar-refractivity contribution is 6.29. The van der Waals surface area contributed by atoms with Crippen molar-refractivity contribution in [2.75, 3.05) is 5.32 Å². The number of carbonyl (C=O) groups excluding carboxylic acids is 1. The van der Waals surface area contributed by atoms with Crippen molar-refractivity contribution in [3.8, 4) is 22.4 Å². The molecule has 3 heteroatoms. The van der Waals surface area contributed by atoms with Gasteiger partial charge in [-0.1, -0.05) is 84.9 Å². The zero-order chi connectivity index (χ0) is 20.8. The van der Waals surface area contributed by atoms with Gasteiger partial charge in [-0.15, -0.1) is 0 Å². The number of rotatable bonds is 4. The number of aromatic nitrogens is 1. The van der Waals surface area contributed by atoms with Gasteiger partial charge in [0.05, 0.1) is 11.3 Å². The first kappa shape index (κ1) is 17.7. The van der Waals surface area contributed by atoms with Crippen molar-refractivity contribution in [1.29, 1.82) is 0 Å². The molecule has 0 atom stereocenters. The summed E-state index contributed by atoms with van der Waals surface area (Å²) in [4.78, 5) is 17.2. The SMILES string of the molecule is O=C1c2c(NCc3ccccc3)cccc2-c2c(-c3ccccc3)[nH]c3cccc1c23. The summed E-state index contributed by atoms with van der Waals surface area (Å²) in [6, 6.07) is 32.6. The molecule has 0 radical (unpaired) electrons. The number of hydrogen-bond donors (Lipinski definition) is 2. The van der Waals surface area contributed by atoms with Crippen molar-refractivity contribution in [2.45, 2.75) is 6.54 Å². The maximum Gasteiger partial charge on any atom is 0.196 e. The minimum atomic E-state index is 0.0721. The lowest BCUT2D eigenvalue weighted by atomic mass is 9.83. The standard InChI is InChI=1S/C28H20N2O/c31-28-21-14-8-16-23-24(21)26(27(30-23)19-11-5-2-6-12-19)20-13-7-15-22(25(20)28)29-17-18-9-3-1-4-10-18/h1-16,29-30H,17H2. The number of aromatic amines is 1. The molecular formula is C28H20N2O. The van der Waals surface area contributed by atoms with Crippen molar-refractivity contribution in [2.24, 2.45) is 0 Å². The van der Waals surface area contributed by atoms with E-state index < -0.39 is 0 Å². The van der Waals surface area contributed by atoms with Crippen LogP contribution in [-0.2, 0) is 6.54 Å². The van der Waals surface area contributed by atoms with E-state index in [-0.39, 0.29) is 5.78 Å². The molecule has 6 rings (SSSR count).